The van der Waals surface area contributed by atoms with Crippen LogP contribution in [0.4, 0.5) is 0 Å². The predicted octanol–water partition coefficient (Wildman–Crippen LogP) is 2.04. The number of hydrogen-bond donors (Lipinski definition) is 0. The third-order valence-corrected chi connectivity index (χ3v) is 4.35. The van der Waals surface area contributed by atoms with Gasteiger partial charge in [-0.3, -0.25) is 0 Å². The van der Waals surface area contributed by atoms with Crippen molar-refractivity contribution in [2.24, 2.45) is 0 Å². The number of hydrogen-bond acceptors (Lipinski definition) is 5. The molecule has 0 saturated carbocycles. The second-order valence-electron chi connectivity index (χ2n) is 6.39. The van der Waals surface area contributed by atoms with Gasteiger partial charge < -0.3 is 14.4 Å². The van der Waals surface area contributed by atoms with Crippen LogP contribution in [0.1, 0.15) is 40.5 Å². The molecule has 1 saturated heterocycles. The topological polar surface area (TPSA) is 28.2 Å². The predicted molar refractivity (Wildman–Crippen MR) is 87.2 cm³/mol. The highest BCUT2D eigenvalue weighted by molar-refractivity contribution is 4.84. The van der Waals surface area contributed by atoms with Crippen molar-refractivity contribution in [1.29, 1.82) is 0 Å². The van der Waals surface area contributed by atoms with E-state index in [0.29, 0.717) is 25.3 Å². The third-order valence-electron chi connectivity index (χ3n) is 4.35. The van der Waals surface area contributed by atoms with Crippen LogP contribution in [0.25, 0.3) is 0 Å². The molecule has 0 radical (unpaired) electrons. The van der Waals surface area contributed by atoms with Crippen molar-refractivity contribution in [2.45, 2.75) is 58.7 Å². The Morgan fingerprint density at radius 3 is 1.57 bits per heavy atom. The van der Waals surface area contributed by atoms with Crippen LogP contribution >= 0.6 is 0 Å². The smallest absolute Gasteiger partial charge is 0.297 e. The second-order valence-corrected chi connectivity index (χ2v) is 6.39. The Labute approximate surface area is 131 Å². The molecular formula is C16H35N3O2. The fourth-order valence-corrected chi connectivity index (χ4v) is 2.95. The van der Waals surface area contributed by atoms with E-state index >= 15 is 0 Å². The first kappa shape index (κ1) is 18.8. The normalized spacial score (nSPS) is 29.3. The molecule has 1 fully saturated rings. The molecule has 0 amide bonds. The zero-order valence-electron chi connectivity index (χ0n) is 15.1. The van der Waals surface area contributed by atoms with Crippen molar-refractivity contribution in [2.75, 3.05) is 47.4 Å². The average molecular weight is 301 g/mol. The van der Waals surface area contributed by atoms with Crippen LogP contribution in [0.5, 0.6) is 0 Å². The lowest BCUT2D eigenvalue weighted by molar-refractivity contribution is -0.397. The molecule has 21 heavy (non-hydrogen) atoms. The minimum Gasteiger partial charge on any atom is -0.324 e. The van der Waals surface area contributed by atoms with Gasteiger partial charge in [-0.25, -0.2) is 9.80 Å². The Morgan fingerprint density at radius 2 is 1.24 bits per heavy atom. The van der Waals surface area contributed by atoms with Gasteiger partial charge in [0.2, 0.25) is 0 Å². The maximum Gasteiger partial charge on any atom is 0.297 e. The van der Waals surface area contributed by atoms with Crippen LogP contribution in [0.15, 0.2) is 0 Å². The van der Waals surface area contributed by atoms with E-state index in [4.69, 9.17) is 9.47 Å². The lowest BCUT2D eigenvalue weighted by atomic mass is 10.2. The summed E-state index contributed by atoms with van der Waals surface area (Å²) >= 11 is 0. The SMILES string of the molecule is CCCOC1(OCCC)N(C)C(C)CN(C)CC(C)N1C. The standard InChI is InChI=1S/C16H35N3O2/c1-8-10-20-16(21-11-9-2)18(6)14(3)12-17(5)13-15(4)19(16)7/h14-15H,8-13H2,1-7H3. The molecule has 5 heteroatoms. The number of rotatable bonds is 6. The molecule has 1 rings (SSSR count). The van der Waals surface area contributed by atoms with Crippen molar-refractivity contribution in [3.05, 3.63) is 0 Å². The molecule has 0 aliphatic carbocycles. The molecule has 2 unspecified atom stereocenters. The van der Waals surface area contributed by atoms with Crippen LogP contribution in [0, 0.1) is 0 Å². The first-order valence-corrected chi connectivity index (χ1v) is 8.31. The first-order valence-electron chi connectivity index (χ1n) is 8.31. The summed E-state index contributed by atoms with van der Waals surface area (Å²) in [5, 5.41) is 0. The molecule has 126 valence electrons. The Kier molecular flexibility index (Phi) is 7.57. The first-order chi connectivity index (χ1) is 9.89. The largest absolute Gasteiger partial charge is 0.324 e. The zero-order chi connectivity index (χ0) is 16.0. The quantitative estimate of drug-likeness (QED) is 0.700. The van der Waals surface area contributed by atoms with E-state index in [1.165, 1.54) is 0 Å². The Morgan fingerprint density at radius 1 is 0.857 bits per heavy atom. The van der Waals surface area contributed by atoms with E-state index in [1.807, 2.05) is 0 Å². The van der Waals surface area contributed by atoms with Crippen LogP contribution in [-0.2, 0) is 9.47 Å². The summed E-state index contributed by atoms with van der Waals surface area (Å²) in [4.78, 5) is 6.86. The fourth-order valence-electron chi connectivity index (χ4n) is 2.95. The summed E-state index contributed by atoms with van der Waals surface area (Å²) in [5.74, 6) is 0. The summed E-state index contributed by atoms with van der Waals surface area (Å²) < 4.78 is 12.5. The van der Waals surface area contributed by atoms with Crippen LogP contribution in [0.2, 0.25) is 0 Å². The van der Waals surface area contributed by atoms with E-state index in [0.717, 1.165) is 25.9 Å². The monoisotopic (exact) mass is 301 g/mol. The van der Waals surface area contributed by atoms with Gasteiger partial charge in [0.05, 0.1) is 13.2 Å². The summed E-state index contributed by atoms with van der Waals surface area (Å²) in [6.07, 6.45) is 1.98. The number of likely N-dealkylation sites (N-methyl/N-ethyl adjacent to an activating group) is 3. The van der Waals surface area contributed by atoms with Gasteiger partial charge in [0.15, 0.2) is 0 Å². The maximum atomic E-state index is 6.27. The Balaban J connectivity index is 3.09. The summed E-state index contributed by atoms with van der Waals surface area (Å²) in [5.41, 5.74) is 0. The molecule has 0 aromatic carbocycles. The summed E-state index contributed by atoms with van der Waals surface area (Å²) in [7, 11) is 6.40. The fraction of sp³-hybridized carbons (Fsp3) is 1.00. The maximum absolute atomic E-state index is 6.27. The molecule has 1 heterocycles. The van der Waals surface area contributed by atoms with Gasteiger partial charge in [-0.2, -0.15) is 0 Å². The van der Waals surface area contributed by atoms with Gasteiger partial charge in [-0.05, 0) is 47.8 Å². The molecule has 2 atom stereocenters. The minimum absolute atomic E-state index is 0.360. The van der Waals surface area contributed by atoms with Crippen molar-refractivity contribution in [1.82, 2.24) is 14.7 Å². The highest BCUT2D eigenvalue weighted by Crippen LogP contribution is 2.29. The lowest BCUT2D eigenvalue weighted by Crippen LogP contribution is -2.69. The van der Waals surface area contributed by atoms with Crippen molar-refractivity contribution in [3.63, 3.8) is 0 Å². The van der Waals surface area contributed by atoms with Gasteiger partial charge in [0.1, 0.15) is 0 Å². The van der Waals surface area contributed by atoms with Gasteiger partial charge in [-0.1, -0.05) is 13.8 Å². The highest BCUT2D eigenvalue weighted by Gasteiger charge is 2.46. The molecule has 0 N–H and O–H groups in total. The van der Waals surface area contributed by atoms with Crippen LogP contribution < -0.4 is 0 Å². The molecule has 5 nitrogen and oxygen atoms in total. The Bertz CT molecular complexity index is 273. The highest BCUT2D eigenvalue weighted by atomic mass is 16.7. The number of nitrogens with zero attached hydrogens (tertiary/aromatic N) is 3. The second kappa shape index (κ2) is 8.44. The molecule has 0 spiro atoms. The molecule has 1 aliphatic rings. The van der Waals surface area contributed by atoms with Gasteiger partial charge >= 0.3 is 0 Å². The van der Waals surface area contributed by atoms with E-state index in [1.54, 1.807) is 0 Å². The average Bonchev–Trinajstić information content (AvgIpc) is 2.45. The van der Waals surface area contributed by atoms with E-state index in [2.05, 4.69) is 63.5 Å². The summed E-state index contributed by atoms with van der Waals surface area (Å²) in [6.45, 7) is 12.2. The van der Waals surface area contributed by atoms with Gasteiger partial charge in [0.25, 0.3) is 6.03 Å². The zero-order valence-corrected chi connectivity index (χ0v) is 15.1. The Hall–Kier alpha value is -0.200. The van der Waals surface area contributed by atoms with Crippen LogP contribution in [0.3, 0.4) is 0 Å². The molecular weight excluding hydrogens is 266 g/mol. The summed E-state index contributed by atoms with van der Waals surface area (Å²) in [6, 6.07) is -0.0381. The molecule has 0 aromatic rings. The minimum atomic E-state index is -0.758. The van der Waals surface area contributed by atoms with E-state index in [-0.39, 0.29) is 0 Å². The van der Waals surface area contributed by atoms with Gasteiger partial charge in [0, 0.05) is 25.2 Å². The molecule has 1 aliphatic heterocycles. The molecule has 0 bridgehead atoms. The number of ether oxygens (including phenoxy) is 2. The van der Waals surface area contributed by atoms with Crippen molar-refractivity contribution in [3.8, 4) is 0 Å². The van der Waals surface area contributed by atoms with E-state index in [9.17, 15) is 0 Å². The van der Waals surface area contributed by atoms with Crippen molar-refractivity contribution >= 4 is 0 Å². The van der Waals surface area contributed by atoms with Gasteiger partial charge in [-0.15, -0.1) is 0 Å². The third kappa shape index (κ3) is 4.39. The molecule has 0 aromatic heterocycles. The van der Waals surface area contributed by atoms with E-state index < -0.39 is 6.03 Å². The van der Waals surface area contributed by atoms with Crippen molar-refractivity contribution < 1.29 is 9.47 Å². The van der Waals surface area contributed by atoms with Crippen LogP contribution in [-0.4, -0.2) is 80.3 Å². The lowest BCUT2D eigenvalue weighted by Gasteiger charge is -2.52.